The summed E-state index contributed by atoms with van der Waals surface area (Å²) < 4.78 is 45.1. The molecule has 21 heavy (non-hydrogen) atoms. The summed E-state index contributed by atoms with van der Waals surface area (Å²) in [5, 5.41) is 0. The number of halogens is 1. The zero-order valence-corrected chi connectivity index (χ0v) is 12.2. The Morgan fingerprint density at radius 2 is 1.86 bits per heavy atom. The smallest absolute Gasteiger partial charge is 0.261 e. The van der Waals surface area contributed by atoms with Crippen molar-refractivity contribution >= 4 is 15.7 Å². The van der Waals surface area contributed by atoms with Crippen LogP contribution < -0.4 is 15.2 Å². The Kier molecular flexibility index (Phi) is 4.44. The van der Waals surface area contributed by atoms with Crippen molar-refractivity contribution in [1.82, 2.24) is 0 Å². The van der Waals surface area contributed by atoms with Gasteiger partial charge in [0.05, 0.1) is 12.0 Å². The maximum Gasteiger partial charge on any atom is 0.261 e. The number of methoxy groups -OCH3 is 1. The Bertz CT molecular complexity index is 730. The molecule has 2 rings (SSSR count). The third kappa shape index (κ3) is 3.50. The molecule has 0 fully saturated rings. The number of nitrogens with two attached hydrogens (primary N) is 1. The van der Waals surface area contributed by atoms with E-state index in [1.165, 1.54) is 37.4 Å². The Balaban J connectivity index is 2.28. The number of ether oxygens (including phenoxy) is 1. The van der Waals surface area contributed by atoms with Gasteiger partial charge in [0.25, 0.3) is 10.0 Å². The monoisotopic (exact) mass is 310 g/mol. The summed E-state index contributed by atoms with van der Waals surface area (Å²) in [5.74, 6) is 0.0889. The van der Waals surface area contributed by atoms with E-state index in [1.807, 2.05) is 0 Å². The summed E-state index contributed by atoms with van der Waals surface area (Å²) >= 11 is 0. The fourth-order valence-corrected chi connectivity index (χ4v) is 2.81. The van der Waals surface area contributed by atoms with Gasteiger partial charge in [0, 0.05) is 17.8 Å². The molecule has 0 aromatic heterocycles. The van der Waals surface area contributed by atoms with Crippen molar-refractivity contribution in [3.05, 3.63) is 53.8 Å². The van der Waals surface area contributed by atoms with E-state index < -0.39 is 15.8 Å². The van der Waals surface area contributed by atoms with Gasteiger partial charge in [-0.05, 0) is 42.5 Å². The zero-order valence-electron chi connectivity index (χ0n) is 11.3. The number of benzene rings is 2. The molecule has 5 nitrogen and oxygen atoms in total. The fourth-order valence-electron chi connectivity index (χ4n) is 1.76. The van der Waals surface area contributed by atoms with Crippen LogP contribution in [0.2, 0.25) is 0 Å². The second-order valence-electron chi connectivity index (χ2n) is 4.29. The minimum absolute atomic E-state index is 0.00998. The van der Waals surface area contributed by atoms with Gasteiger partial charge in [0.1, 0.15) is 11.6 Å². The lowest BCUT2D eigenvalue weighted by molar-refractivity contribution is 0.414. The molecule has 0 radical (unpaired) electrons. The SMILES string of the molecule is COc1ccc(S(=O)(=O)Nc2ccc(F)c(CN)c2)cc1. The number of hydrogen-bond donors (Lipinski definition) is 2. The third-order valence-corrected chi connectivity index (χ3v) is 4.28. The molecule has 0 spiro atoms. The van der Waals surface area contributed by atoms with Crippen LogP contribution in [0.15, 0.2) is 47.4 Å². The third-order valence-electron chi connectivity index (χ3n) is 2.89. The molecule has 0 atom stereocenters. The largest absolute Gasteiger partial charge is 0.497 e. The number of anilines is 1. The Labute approximate surface area is 122 Å². The highest BCUT2D eigenvalue weighted by atomic mass is 32.2. The van der Waals surface area contributed by atoms with E-state index in [9.17, 15) is 12.8 Å². The van der Waals surface area contributed by atoms with E-state index in [1.54, 1.807) is 12.1 Å². The first-order chi connectivity index (χ1) is 9.96. The molecule has 0 unspecified atom stereocenters. The molecule has 0 aliphatic heterocycles. The van der Waals surface area contributed by atoms with Crippen molar-refractivity contribution in [3.8, 4) is 5.75 Å². The van der Waals surface area contributed by atoms with Gasteiger partial charge < -0.3 is 10.5 Å². The summed E-state index contributed by atoms with van der Waals surface area (Å²) in [6, 6.07) is 9.83. The van der Waals surface area contributed by atoms with Gasteiger partial charge in [-0.3, -0.25) is 4.72 Å². The van der Waals surface area contributed by atoms with E-state index >= 15 is 0 Å². The van der Waals surface area contributed by atoms with Crippen LogP contribution in [0, 0.1) is 5.82 Å². The molecular formula is C14H15FN2O3S. The van der Waals surface area contributed by atoms with E-state index in [-0.39, 0.29) is 22.7 Å². The minimum Gasteiger partial charge on any atom is -0.497 e. The van der Waals surface area contributed by atoms with Crippen LogP contribution in [0.3, 0.4) is 0 Å². The lowest BCUT2D eigenvalue weighted by atomic mass is 10.2. The van der Waals surface area contributed by atoms with Crippen LogP contribution in [0.4, 0.5) is 10.1 Å². The van der Waals surface area contributed by atoms with Crippen molar-refractivity contribution in [2.24, 2.45) is 5.73 Å². The van der Waals surface area contributed by atoms with Gasteiger partial charge in [0.2, 0.25) is 0 Å². The van der Waals surface area contributed by atoms with Crippen LogP contribution in [-0.4, -0.2) is 15.5 Å². The van der Waals surface area contributed by atoms with Gasteiger partial charge in [-0.15, -0.1) is 0 Å². The van der Waals surface area contributed by atoms with E-state index in [0.29, 0.717) is 5.75 Å². The maximum atomic E-state index is 13.3. The van der Waals surface area contributed by atoms with Crippen molar-refractivity contribution in [2.45, 2.75) is 11.4 Å². The van der Waals surface area contributed by atoms with Crippen molar-refractivity contribution in [3.63, 3.8) is 0 Å². The van der Waals surface area contributed by atoms with Crippen LogP contribution in [-0.2, 0) is 16.6 Å². The highest BCUT2D eigenvalue weighted by Crippen LogP contribution is 2.20. The average Bonchev–Trinajstić information content (AvgIpc) is 2.49. The molecular weight excluding hydrogens is 295 g/mol. The standard InChI is InChI=1S/C14H15FN2O3S/c1-20-12-3-5-13(6-4-12)21(18,19)17-11-2-7-14(15)10(8-11)9-16/h2-8,17H,9,16H2,1H3. The number of sulfonamides is 1. The van der Waals surface area contributed by atoms with Crippen LogP contribution in [0.1, 0.15) is 5.56 Å². The molecule has 0 bridgehead atoms. The molecule has 3 N–H and O–H groups in total. The molecule has 0 amide bonds. The van der Waals surface area contributed by atoms with E-state index in [4.69, 9.17) is 10.5 Å². The first kappa shape index (κ1) is 15.3. The quantitative estimate of drug-likeness (QED) is 0.886. The van der Waals surface area contributed by atoms with Crippen molar-refractivity contribution < 1.29 is 17.5 Å². The summed E-state index contributed by atoms with van der Waals surface area (Å²) in [4.78, 5) is 0.0851. The van der Waals surface area contributed by atoms with Crippen LogP contribution in [0.25, 0.3) is 0 Å². The van der Waals surface area contributed by atoms with Crippen molar-refractivity contribution in [2.75, 3.05) is 11.8 Å². The first-order valence-electron chi connectivity index (χ1n) is 6.11. The van der Waals surface area contributed by atoms with E-state index in [2.05, 4.69) is 4.72 Å². The highest BCUT2D eigenvalue weighted by Gasteiger charge is 2.15. The van der Waals surface area contributed by atoms with Crippen LogP contribution >= 0.6 is 0 Å². The van der Waals surface area contributed by atoms with Gasteiger partial charge in [-0.2, -0.15) is 0 Å². The summed E-state index contributed by atoms with van der Waals surface area (Å²) in [5.41, 5.74) is 5.89. The lowest BCUT2D eigenvalue weighted by Gasteiger charge is -2.10. The molecule has 7 heteroatoms. The minimum atomic E-state index is -3.74. The van der Waals surface area contributed by atoms with E-state index in [0.717, 1.165) is 0 Å². The second kappa shape index (κ2) is 6.11. The van der Waals surface area contributed by atoms with Crippen LogP contribution in [0.5, 0.6) is 5.75 Å². The molecule has 0 saturated carbocycles. The van der Waals surface area contributed by atoms with Gasteiger partial charge in [0.15, 0.2) is 0 Å². The summed E-state index contributed by atoms with van der Waals surface area (Å²) in [6.45, 7) is -0.00998. The lowest BCUT2D eigenvalue weighted by Crippen LogP contribution is -2.13. The maximum absolute atomic E-state index is 13.3. The molecule has 0 aliphatic rings. The second-order valence-corrected chi connectivity index (χ2v) is 5.97. The average molecular weight is 310 g/mol. The number of rotatable bonds is 5. The zero-order chi connectivity index (χ0) is 15.5. The molecule has 0 saturated heterocycles. The first-order valence-corrected chi connectivity index (χ1v) is 7.60. The van der Waals surface area contributed by atoms with Gasteiger partial charge >= 0.3 is 0 Å². The number of hydrogen-bond acceptors (Lipinski definition) is 4. The highest BCUT2D eigenvalue weighted by molar-refractivity contribution is 7.92. The molecule has 0 aliphatic carbocycles. The predicted molar refractivity (Wildman–Crippen MR) is 78.1 cm³/mol. The van der Waals surface area contributed by atoms with Gasteiger partial charge in [-0.1, -0.05) is 0 Å². The number of nitrogens with one attached hydrogen (secondary N) is 1. The Morgan fingerprint density at radius 3 is 2.43 bits per heavy atom. The van der Waals surface area contributed by atoms with Gasteiger partial charge in [-0.25, -0.2) is 12.8 Å². The Morgan fingerprint density at radius 1 is 1.19 bits per heavy atom. The predicted octanol–water partition coefficient (Wildman–Crippen LogP) is 2.09. The molecule has 0 heterocycles. The van der Waals surface area contributed by atoms with Crippen molar-refractivity contribution in [1.29, 1.82) is 0 Å². The Hall–Kier alpha value is -2.12. The molecule has 112 valence electrons. The topological polar surface area (TPSA) is 81.4 Å². The summed E-state index contributed by atoms with van der Waals surface area (Å²) in [6.07, 6.45) is 0. The fraction of sp³-hybridized carbons (Fsp3) is 0.143. The normalized spacial score (nSPS) is 11.2. The summed E-state index contributed by atoms with van der Waals surface area (Å²) in [7, 11) is -2.25. The molecule has 2 aromatic rings. The molecule has 2 aromatic carbocycles.